The van der Waals surface area contributed by atoms with E-state index >= 15 is 0 Å². The number of hydrogen-bond acceptors (Lipinski definition) is 6. The third-order valence-electron chi connectivity index (χ3n) is 9.00. The van der Waals surface area contributed by atoms with Crippen LogP contribution in [0.4, 0.5) is 5.69 Å². The van der Waals surface area contributed by atoms with Crippen LogP contribution < -0.4 is 4.90 Å². The summed E-state index contributed by atoms with van der Waals surface area (Å²) in [5.41, 5.74) is 0.967. The number of allylic oxidation sites excluding steroid dienone is 1. The van der Waals surface area contributed by atoms with E-state index in [9.17, 15) is 19.5 Å². The number of likely N-dealkylation sites (tertiary alicyclic amines) is 1. The number of amides is 2. The average molecular weight is 607 g/mol. The van der Waals surface area contributed by atoms with Gasteiger partial charge in [0.15, 0.2) is 0 Å². The van der Waals surface area contributed by atoms with E-state index in [2.05, 4.69) is 13.2 Å². The largest absolute Gasteiger partial charge is 0.465 e. The minimum absolute atomic E-state index is 0.142. The molecule has 8 nitrogen and oxygen atoms in total. The van der Waals surface area contributed by atoms with Crippen LogP contribution >= 0.6 is 11.6 Å². The van der Waals surface area contributed by atoms with Crippen LogP contribution in [0.15, 0.2) is 73.8 Å². The van der Waals surface area contributed by atoms with E-state index in [4.69, 9.17) is 21.1 Å². The van der Waals surface area contributed by atoms with Crippen molar-refractivity contribution in [1.82, 2.24) is 4.90 Å². The quantitative estimate of drug-likeness (QED) is 0.203. The SMILES string of the molecule is C=CCCCOC(=O)[C@@H]1[C@H]2C(=O)N([C@@H](CO)Cc3ccccc3)C(C(=O)N(CC=C)c3c(C)cccc3Cl)C23CC[C@H]1O3. The average Bonchev–Trinajstić information content (AvgIpc) is 3.65. The Labute approximate surface area is 257 Å². The summed E-state index contributed by atoms with van der Waals surface area (Å²) in [6, 6.07) is 13.1. The molecule has 2 aromatic carbocycles. The van der Waals surface area contributed by atoms with E-state index in [0.29, 0.717) is 42.8 Å². The number of aliphatic hydroxyl groups excluding tert-OH is 1. The number of hydrogen-bond donors (Lipinski definition) is 1. The Bertz CT molecular complexity index is 1360. The fourth-order valence-corrected chi connectivity index (χ4v) is 7.52. The predicted molar refractivity (Wildman–Crippen MR) is 165 cm³/mol. The molecule has 3 fully saturated rings. The van der Waals surface area contributed by atoms with Crippen molar-refractivity contribution in [2.75, 3.05) is 24.7 Å². The fourth-order valence-electron chi connectivity index (χ4n) is 7.20. The Morgan fingerprint density at radius 1 is 1.21 bits per heavy atom. The number of esters is 1. The molecule has 3 aliphatic rings. The molecule has 2 bridgehead atoms. The van der Waals surface area contributed by atoms with Crippen LogP contribution in [-0.4, -0.2) is 71.3 Å². The number of carbonyl (C=O) groups is 3. The molecular weight excluding hydrogens is 568 g/mol. The summed E-state index contributed by atoms with van der Waals surface area (Å²) >= 11 is 6.65. The lowest BCUT2D eigenvalue weighted by Gasteiger charge is -2.39. The van der Waals surface area contributed by atoms with Crippen LogP contribution in [-0.2, 0) is 30.3 Å². The number of unbranched alkanes of at least 4 members (excludes halogenated alkanes) is 1. The highest BCUT2D eigenvalue weighted by molar-refractivity contribution is 6.34. The second kappa shape index (κ2) is 13.0. The van der Waals surface area contributed by atoms with Gasteiger partial charge in [-0.3, -0.25) is 14.4 Å². The summed E-state index contributed by atoms with van der Waals surface area (Å²) in [6.45, 7) is 9.42. The molecule has 9 heteroatoms. The summed E-state index contributed by atoms with van der Waals surface area (Å²) in [5, 5.41) is 11.1. The number of aryl methyl sites for hydroxylation is 1. The van der Waals surface area contributed by atoms with Gasteiger partial charge in [-0.1, -0.05) is 66.2 Å². The van der Waals surface area contributed by atoms with Crippen LogP contribution in [0.3, 0.4) is 0 Å². The van der Waals surface area contributed by atoms with Gasteiger partial charge in [0.1, 0.15) is 11.6 Å². The number of carbonyl (C=O) groups excluding carboxylic acids is 3. The third kappa shape index (κ3) is 5.52. The molecule has 6 atom stereocenters. The van der Waals surface area contributed by atoms with Gasteiger partial charge in [0.2, 0.25) is 5.91 Å². The van der Waals surface area contributed by atoms with Crippen LogP contribution in [0.25, 0.3) is 0 Å². The van der Waals surface area contributed by atoms with Crippen LogP contribution in [0.1, 0.15) is 36.8 Å². The summed E-state index contributed by atoms with van der Waals surface area (Å²) in [4.78, 5) is 45.9. The fraction of sp³-hybridized carbons (Fsp3) is 0.441. The van der Waals surface area contributed by atoms with Crippen LogP contribution in [0, 0.1) is 18.8 Å². The normalized spacial score (nSPS) is 26.2. The van der Waals surface area contributed by atoms with Crippen molar-refractivity contribution < 1.29 is 29.0 Å². The number of halogens is 1. The number of rotatable bonds is 13. The summed E-state index contributed by atoms with van der Waals surface area (Å²) in [6.07, 6.45) is 5.43. The van der Waals surface area contributed by atoms with Crippen molar-refractivity contribution in [3.8, 4) is 0 Å². The summed E-state index contributed by atoms with van der Waals surface area (Å²) in [7, 11) is 0. The molecule has 2 unspecified atom stereocenters. The maximum absolute atomic E-state index is 14.9. The highest BCUT2D eigenvalue weighted by Gasteiger charge is 2.75. The molecule has 0 aliphatic carbocycles. The highest BCUT2D eigenvalue weighted by Crippen LogP contribution is 2.59. The Morgan fingerprint density at radius 2 is 1.98 bits per heavy atom. The molecule has 5 rings (SSSR count). The van der Waals surface area contributed by atoms with Crippen molar-refractivity contribution in [3.05, 3.63) is 90.0 Å². The smallest absolute Gasteiger partial charge is 0.312 e. The Kier molecular flexibility index (Phi) is 9.39. The zero-order chi connectivity index (χ0) is 30.7. The number of anilines is 1. The maximum Gasteiger partial charge on any atom is 0.312 e. The molecular formula is C34H39ClN2O6. The zero-order valence-corrected chi connectivity index (χ0v) is 25.2. The van der Waals surface area contributed by atoms with Gasteiger partial charge in [-0.15, -0.1) is 13.2 Å². The number of fused-ring (bicyclic) bond motifs is 1. The van der Waals surface area contributed by atoms with Gasteiger partial charge >= 0.3 is 5.97 Å². The predicted octanol–water partition coefficient (Wildman–Crippen LogP) is 4.66. The van der Waals surface area contributed by atoms with Crippen molar-refractivity contribution >= 4 is 35.1 Å². The first kappa shape index (κ1) is 31.0. The lowest BCUT2D eigenvalue weighted by Crippen LogP contribution is -2.59. The molecule has 0 aromatic heterocycles. The first-order valence-electron chi connectivity index (χ1n) is 14.9. The van der Waals surface area contributed by atoms with E-state index in [1.807, 2.05) is 49.4 Å². The molecule has 2 amide bonds. The molecule has 43 heavy (non-hydrogen) atoms. The molecule has 1 spiro atoms. The summed E-state index contributed by atoms with van der Waals surface area (Å²) < 4.78 is 12.2. The lowest BCUT2D eigenvalue weighted by atomic mass is 9.70. The number of ether oxygens (including phenoxy) is 2. The first-order chi connectivity index (χ1) is 20.8. The van der Waals surface area contributed by atoms with E-state index in [1.54, 1.807) is 23.1 Å². The zero-order valence-electron chi connectivity index (χ0n) is 24.5. The van der Waals surface area contributed by atoms with Gasteiger partial charge < -0.3 is 24.4 Å². The molecule has 3 saturated heterocycles. The lowest BCUT2D eigenvalue weighted by molar-refractivity contribution is -0.155. The topological polar surface area (TPSA) is 96.4 Å². The monoisotopic (exact) mass is 606 g/mol. The van der Waals surface area contributed by atoms with Crippen LogP contribution in [0.5, 0.6) is 0 Å². The Morgan fingerprint density at radius 3 is 2.65 bits per heavy atom. The van der Waals surface area contributed by atoms with E-state index in [0.717, 1.165) is 11.1 Å². The molecule has 3 aliphatic heterocycles. The van der Waals surface area contributed by atoms with Crippen molar-refractivity contribution in [2.24, 2.45) is 11.8 Å². The number of benzene rings is 2. The second-order valence-corrected chi connectivity index (χ2v) is 12.0. The highest BCUT2D eigenvalue weighted by atomic mass is 35.5. The van der Waals surface area contributed by atoms with Crippen molar-refractivity contribution in [3.63, 3.8) is 0 Å². The molecule has 3 heterocycles. The molecule has 0 radical (unpaired) electrons. The molecule has 0 saturated carbocycles. The van der Waals surface area contributed by atoms with Gasteiger partial charge in [0.05, 0.1) is 47.9 Å². The molecule has 228 valence electrons. The number of aliphatic hydroxyl groups is 1. The molecule has 2 aromatic rings. The summed E-state index contributed by atoms with van der Waals surface area (Å²) in [5.74, 6) is -3.00. The third-order valence-corrected chi connectivity index (χ3v) is 9.30. The van der Waals surface area contributed by atoms with E-state index in [1.165, 1.54) is 4.90 Å². The number of para-hydroxylation sites is 1. The maximum atomic E-state index is 14.9. The minimum atomic E-state index is -1.25. The van der Waals surface area contributed by atoms with Crippen molar-refractivity contribution in [1.29, 1.82) is 0 Å². The molecule has 1 N–H and O–H groups in total. The van der Waals surface area contributed by atoms with Crippen LogP contribution in [0.2, 0.25) is 5.02 Å². The van der Waals surface area contributed by atoms with Crippen molar-refractivity contribution in [2.45, 2.75) is 62.8 Å². The standard InChI is InChI=1S/C34H39ClN2O6/c1-4-6-10-19-42-33(41)27-26-16-17-34(43-26)28(27)31(39)37(24(21-38)20-23-13-8-7-9-14-23)30(34)32(40)36(18-5-2)29-22(3)12-11-15-25(29)35/h4-5,7-9,11-15,24,26-28,30,38H,1-2,6,10,16-21H2,3H3/t24-,26-,27+,28+,30?,34?/m1/s1. The van der Waals surface area contributed by atoms with Gasteiger partial charge in [-0.2, -0.15) is 0 Å². The van der Waals surface area contributed by atoms with Gasteiger partial charge in [0.25, 0.3) is 5.91 Å². The first-order valence-corrected chi connectivity index (χ1v) is 15.3. The van der Waals surface area contributed by atoms with Gasteiger partial charge in [0, 0.05) is 6.54 Å². The Hall–Kier alpha value is -3.46. The Balaban J connectivity index is 1.58. The van der Waals surface area contributed by atoms with E-state index in [-0.39, 0.29) is 31.6 Å². The minimum Gasteiger partial charge on any atom is -0.465 e. The number of nitrogens with zero attached hydrogens (tertiary/aromatic N) is 2. The van der Waals surface area contributed by atoms with Gasteiger partial charge in [-0.05, 0) is 56.2 Å². The second-order valence-electron chi connectivity index (χ2n) is 11.6. The van der Waals surface area contributed by atoms with E-state index < -0.39 is 41.6 Å². The van der Waals surface area contributed by atoms with Gasteiger partial charge in [-0.25, -0.2) is 0 Å².